The summed E-state index contributed by atoms with van der Waals surface area (Å²) in [5.74, 6) is 3.52. The number of hydrogen-bond donors (Lipinski definition) is 2. The molecule has 4 aliphatic rings. The van der Waals surface area contributed by atoms with Crippen LogP contribution in [0.1, 0.15) is 99.3 Å². The Balaban J connectivity index is 1.68. The van der Waals surface area contributed by atoms with Gasteiger partial charge in [-0.15, -0.1) is 0 Å². The van der Waals surface area contributed by atoms with Crippen molar-refractivity contribution in [1.82, 2.24) is 5.32 Å². The average molecular weight is 446 g/mol. The summed E-state index contributed by atoms with van der Waals surface area (Å²) in [6.07, 6.45) is 8.11. The summed E-state index contributed by atoms with van der Waals surface area (Å²) in [5, 5.41) is 15.5. The van der Waals surface area contributed by atoms with Crippen LogP contribution in [0.4, 0.5) is 0 Å². The first-order valence-corrected chi connectivity index (χ1v) is 13.4. The maximum absolute atomic E-state index is 12.3. The van der Waals surface area contributed by atoms with Crippen LogP contribution in [-0.4, -0.2) is 34.9 Å². The Bertz CT molecular complexity index is 734. The lowest BCUT2D eigenvalue weighted by molar-refractivity contribution is -0.177. The molecule has 10 atom stereocenters. The van der Waals surface area contributed by atoms with Crippen molar-refractivity contribution in [2.24, 2.45) is 46.3 Å². The normalized spacial score (nSPS) is 47.0. The Morgan fingerprint density at radius 2 is 1.88 bits per heavy atom. The number of ketones is 2. The van der Waals surface area contributed by atoms with Crippen molar-refractivity contribution < 1.29 is 14.7 Å². The molecule has 0 aromatic heterocycles. The lowest BCUT2D eigenvalue weighted by atomic mass is 9.42. The fourth-order valence-corrected chi connectivity index (χ4v) is 9.26. The molecule has 0 amide bonds. The number of rotatable bonds is 6. The molecular formula is C28H47NO3. The summed E-state index contributed by atoms with van der Waals surface area (Å²) in [6, 6.07) is 0.856. The monoisotopic (exact) mass is 445 g/mol. The van der Waals surface area contributed by atoms with E-state index in [0.29, 0.717) is 72.0 Å². The minimum atomic E-state index is -0.278. The zero-order chi connectivity index (χ0) is 23.4. The SMILES string of the molecule is CC(=O)CC[C@@H](C)[C@H]1CC[C@H]2[C@@H]3C(O)C[C@@H]4CC(=O)CC[C@]4(C)[C@H]3CC(NC(C)C)[C@]12C. The third-order valence-electron chi connectivity index (χ3n) is 10.9. The van der Waals surface area contributed by atoms with Gasteiger partial charge in [-0.05, 0) is 91.8 Å². The van der Waals surface area contributed by atoms with Gasteiger partial charge in [0.25, 0.3) is 0 Å². The maximum Gasteiger partial charge on any atom is 0.133 e. The van der Waals surface area contributed by atoms with E-state index in [1.165, 1.54) is 12.8 Å². The van der Waals surface area contributed by atoms with Gasteiger partial charge in [-0.2, -0.15) is 0 Å². The average Bonchev–Trinajstić information content (AvgIpc) is 3.06. The minimum absolute atomic E-state index is 0.149. The summed E-state index contributed by atoms with van der Waals surface area (Å²) in [5.41, 5.74) is 0.324. The summed E-state index contributed by atoms with van der Waals surface area (Å²) in [4.78, 5) is 24.0. The van der Waals surface area contributed by atoms with Gasteiger partial charge >= 0.3 is 0 Å². The highest BCUT2D eigenvalue weighted by Crippen LogP contribution is 2.68. The number of carbonyl (C=O) groups is 2. The molecular weight excluding hydrogens is 398 g/mol. The van der Waals surface area contributed by atoms with E-state index in [1.807, 2.05) is 0 Å². The number of Topliss-reactive ketones (excluding diaryl/α,β-unsaturated/α-hetero) is 2. The summed E-state index contributed by atoms with van der Waals surface area (Å²) in [7, 11) is 0. The number of hydrogen-bond acceptors (Lipinski definition) is 4. The van der Waals surface area contributed by atoms with E-state index in [-0.39, 0.29) is 16.9 Å². The number of nitrogens with one attached hydrogen (secondary N) is 1. The standard InChI is InChI=1S/C28H47NO3/c1-16(2)29-25-15-23-26(24(32)14-19-13-20(31)11-12-27(19,23)5)22-10-9-21(28(22,25)6)17(3)7-8-18(4)30/h16-17,19,21-26,29,32H,7-15H2,1-6H3/t17-,19+,21-,22+,23+,24?,25?,26+,27+,28-/m1/s1. The zero-order valence-corrected chi connectivity index (χ0v) is 21.3. The van der Waals surface area contributed by atoms with E-state index in [9.17, 15) is 14.7 Å². The van der Waals surface area contributed by atoms with Crippen LogP contribution in [0.25, 0.3) is 0 Å². The predicted molar refractivity (Wildman–Crippen MR) is 128 cm³/mol. The summed E-state index contributed by atoms with van der Waals surface area (Å²) in [6.45, 7) is 13.6. The molecule has 0 aliphatic heterocycles. The van der Waals surface area contributed by atoms with Crippen molar-refractivity contribution in [3.05, 3.63) is 0 Å². The van der Waals surface area contributed by atoms with Gasteiger partial charge in [0.05, 0.1) is 6.10 Å². The Morgan fingerprint density at radius 3 is 2.53 bits per heavy atom. The van der Waals surface area contributed by atoms with Gasteiger partial charge in [-0.25, -0.2) is 0 Å². The first-order chi connectivity index (χ1) is 15.0. The van der Waals surface area contributed by atoms with Gasteiger partial charge in [0.15, 0.2) is 0 Å². The van der Waals surface area contributed by atoms with E-state index in [1.54, 1.807) is 6.92 Å². The molecule has 4 nitrogen and oxygen atoms in total. The van der Waals surface area contributed by atoms with Crippen LogP contribution >= 0.6 is 0 Å². The van der Waals surface area contributed by atoms with Gasteiger partial charge in [0, 0.05) is 31.3 Å². The van der Waals surface area contributed by atoms with Crippen LogP contribution in [0.5, 0.6) is 0 Å². The second-order valence-electron chi connectivity index (χ2n) is 12.9. The highest BCUT2D eigenvalue weighted by Gasteiger charge is 2.65. The van der Waals surface area contributed by atoms with Crippen LogP contribution < -0.4 is 5.32 Å². The second kappa shape index (κ2) is 8.80. The fourth-order valence-electron chi connectivity index (χ4n) is 9.26. The molecule has 32 heavy (non-hydrogen) atoms. The van der Waals surface area contributed by atoms with Crippen LogP contribution in [0.3, 0.4) is 0 Å². The lowest BCUT2D eigenvalue weighted by Crippen LogP contribution is -2.65. The van der Waals surface area contributed by atoms with Gasteiger partial charge in [0.1, 0.15) is 11.6 Å². The van der Waals surface area contributed by atoms with Gasteiger partial charge in [0.2, 0.25) is 0 Å². The highest BCUT2D eigenvalue weighted by atomic mass is 16.3. The van der Waals surface area contributed by atoms with E-state index in [0.717, 1.165) is 32.1 Å². The molecule has 0 aromatic rings. The van der Waals surface area contributed by atoms with E-state index in [4.69, 9.17) is 0 Å². The molecule has 182 valence electrons. The third kappa shape index (κ3) is 3.91. The largest absolute Gasteiger partial charge is 0.393 e. The molecule has 0 spiro atoms. The Kier molecular flexibility index (Phi) is 6.71. The third-order valence-corrected chi connectivity index (χ3v) is 10.9. The Hall–Kier alpha value is -0.740. The number of fused-ring (bicyclic) bond motifs is 5. The van der Waals surface area contributed by atoms with Crippen molar-refractivity contribution in [1.29, 1.82) is 0 Å². The molecule has 2 unspecified atom stereocenters. The maximum atomic E-state index is 12.3. The first-order valence-electron chi connectivity index (χ1n) is 13.4. The molecule has 4 fully saturated rings. The van der Waals surface area contributed by atoms with Gasteiger partial charge < -0.3 is 15.2 Å². The predicted octanol–water partition coefficient (Wildman–Crippen LogP) is 5.17. The topological polar surface area (TPSA) is 66.4 Å². The van der Waals surface area contributed by atoms with Crippen molar-refractivity contribution in [2.75, 3.05) is 0 Å². The van der Waals surface area contributed by atoms with Crippen molar-refractivity contribution in [3.63, 3.8) is 0 Å². The van der Waals surface area contributed by atoms with E-state index < -0.39 is 0 Å². The van der Waals surface area contributed by atoms with Crippen molar-refractivity contribution in [3.8, 4) is 0 Å². The molecule has 4 rings (SSSR count). The molecule has 4 aliphatic carbocycles. The molecule has 0 bridgehead atoms. The quantitative estimate of drug-likeness (QED) is 0.592. The molecule has 0 radical (unpaired) electrons. The van der Waals surface area contributed by atoms with Crippen LogP contribution in [-0.2, 0) is 9.59 Å². The van der Waals surface area contributed by atoms with Gasteiger partial charge in [-0.3, -0.25) is 4.79 Å². The summed E-state index contributed by atoms with van der Waals surface area (Å²) < 4.78 is 0. The molecule has 2 N–H and O–H groups in total. The molecule has 0 aromatic carbocycles. The minimum Gasteiger partial charge on any atom is -0.393 e. The fraction of sp³-hybridized carbons (Fsp3) is 0.929. The number of carbonyl (C=O) groups excluding carboxylic acids is 2. The van der Waals surface area contributed by atoms with E-state index >= 15 is 0 Å². The summed E-state index contributed by atoms with van der Waals surface area (Å²) >= 11 is 0. The van der Waals surface area contributed by atoms with Crippen molar-refractivity contribution >= 4 is 11.6 Å². The smallest absolute Gasteiger partial charge is 0.133 e. The Morgan fingerprint density at radius 1 is 1.16 bits per heavy atom. The van der Waals surface area contributed by atoms with Crippen LogP contribution in [0.15, 0.2) is 0 Å². The highest BCUT2D eigenvalue weighted by molar-refractivity contribution is 5.79. The van der Waals surface area contributed by atoms with E-state index in [2.05, 4.69) is 39.9 Å². The number of aliphatic hydroxyl groups is 1. The first kappa shape index (κ1) is 24.4. The van der Waals surface area contributed by atoms with Crippen molar-refractivity contribution in [2.45, 2.75) is 118 Å². The molecule has 0 saturated heterocycles. The Labute approximate surface area is 195 Å². The van der Waals surface area contributed by atoms with Crippen LogP contribution in [0, 0.1) is 46.3 Å². The number of aliphatic hydroxyl groups excluding tert-OH is 1. The molecule has 4 saturated carbocycles. The molecule has 0 heterocycles. The second-order valence-corrected chi connectivity index (χ2v) is 12.9. The lowest BCUT2D eigenvalue weighted by Gasteiger charge is -2.64. The zero-order valence-electron chi connectivity index (χ0n) is 21.3. The van der Waals surface area contributed by atoms with Gasteiger partial charge in [-0.1, -0.05) is 34.6 Å². The van der Waals surface area contributed by atoms with Crippen LogP contribution in [0.2, 0.25) is 0 Å². The molecule has 4 heteroatoms.